The van der Waals surface area contributed by atoms with Crippen LogP contribution in [0, 0.1) is 11.8 Å². The topological polar surface area (TPSA) is 29.3 Å². The molecule has 112 valence electrons. The summed E-state index contributed by atoms with van der Waals surface area (Å²) in [6.07, 6.45) is 8.13. The van der Waals surface area contributed by atoms with Gasteiger partial charge in [0, 0.05) is 24.0 Å². The Hall–Kier alpha value is -0.380. The van der Waals surface area contributed by atoms with Crippen molar-refractivity contribution < 1.29 is 0 Å². The lowest BCUT2D eigenvalue weighted by atomic mass is 9.75. The second kappa shape index (κ2) is 6.59. The Morgan fingerprint density at radius 3 is 3.10 bits per heavy atom. The molecule has 1 fully saturated rings. The largest absolute Gasteiger partial charge is 0.330 e. The molecule has 3 heteroatoms. The summed E-state index contributed by atoms with van der Waals surface area (Å²) >= 11 is 1.94. The molecule has 2 nitrogen and oxygen atoms in total. The average Bonchev–Trinajstić information content (AvgIpc) is 2.95. The molecule has 0 spiro atoms. The van der Waals surface area contributed by atoms with Gasteiger partial charge in [-0.3, -0.25) is 4.90 Å². The minimum absolute atomic E-state index is 0.725. The third-order valence-corrected chi connectivity index (χ3v) is 6.39. The summed E-state index contributed by atoms with van der Waals surface area (Å²) in [5.74, 6) is 1.67. The molecule has 3 rings (SSSR count). The van der Waals surface area contributed by atoms with Crippen molar-refractivity contribution in [3.8, 4) is 0 Å². The summed E-state index contributed by atoms with van der Waals surface area (Å²) < 4.78 is 0. The normalized spacial score (nSPS) is 31.2. The van der Waals surface area contributed by atoms with Crippen molar-refractivity contribution in [2.75, 3.05) is 13.1 Å². The Labute approximate surface area is 127 Å². The van der Waals surface area contributed by atoms with Gasteiger partial charge in [0.15, 0.2) is 0 Å². The first-order chi connectivity index (χ1) is 9.81. The second-order valence-corrected chi connectivity index (χ2v) is 7.62. The van der Waals surface area contributed by atoms with Crippen LogP contribution in [0.15, 0.2) is 11.4 Å². The molecule has 0 amide bonds. The van der Waals surface area contributed by atoms with Crippen LogP contribution in [-0.2, 0) is 13.0 Å². The molecule has 1 saturated carbocycles. The van der Waals surface area contributed by atoms with E-state index in [1.807, 2.05) is 11.3 Å². The van der Waals surface area contributed by atoms with Gasteiger partial charge in [0.2, 0.25) is 0 Å². The van der Waals surface area contributed by atoms with E-state index in [-0.39, 0.29) is 0 Å². The molecule has 0 bridgehead atoms. The predicted molar refractivity (Wildman–Crippen MR) is 87.0 cm³/mol. The molecule has 3 unspecified atom stereocenters. The zero-order chi connectivity index (χ0) is 13.9. The van der Waals surface area contributed by atoms with Crippen LogP contribution in [0.4, 0.5) is 0 Å². The van der Waals surface area contributed by atoms with Gasteiger partial charge in [0.05, 0.1) is 0 Å². The number of hydrogen-bond acceptors (Lipinski definition) is 3. The van der Waals surface area contributed by atoms with Crippen molar-refractivity contribution in [3.63, 3.8) is 0 Å². The van der Waals surface area contributed by atoms with Crippen molar-refractivity contribution in [2.45, 2.75) is 58.0 Å². The monoisotopic (exact) mass is 292 g/mol. The number of nitrogens with zero attached hydrogens (tertiary/aromatic N) is 1. The molecule has 20 heavy (non-hydrogen) atoms. The molecular formula is C17H28N2S. The van der Waals surface area contributed by atoms with Gasteiger partial charge in [-0.2, -0.15) is 0 Å². The number of hydrogen-bond donors (Lipinski definition) is 1. The lowest BCUT2D eigenvalue weighted by Gasteiger charge is -2.44. The third kappa shape index (κ3) is 2.95. The van der Waals surface area contributed by atoms with Gasteiger partial charge in [-0.25, -0.2) is 0 Å². The number of fused-ring (bicyclic) bond motifs is 1. The zero-order valence-electron chi connectivity index (χ0n) is 12.7. The SMILES string of the molecule is CCCC1CCC(CN)C(N2CCc3sccc3C2)C1. The number of rotatable bonds is 4. The van der Waals surface area contributed by atoms with Crippen LogP contribution in [0.2, 0.25) is 0 Å². The Morgan fingerprint density at radius 1 is 1.40 bits per heavy atom. The Morgan fingerprint density at radius 2 is 2.30 bits per heavy atom. The van der Waals surface area contributed by atoms with Crippen molar-refractivity contribution in [1.29, 1.82) is 0 Å². The first kappa shape index (κ1) is 14.6. The highest BCUT2D eigenvalue weighted by molar-refractivity contribution is 7.10. The van der Waals surface area contributed by atoms with Crippen LogP contribution >= 0.6 is 11.3 Å². The minimum atomic E-state index is 0.725. The maximum Gasteiger partial charge on any atom is 0.0247 e. The van der Waals surface area contributed by atoms with Gasteiger partial charge in [0.25, 0.3) is 0 Å². The first-order valence-electron chi connectivity index (χ1n) is 8.31. The van der Waals surface area contributed by atoms with Crippen molar-refractivity contribution in [1.82, 2.24) is 4.90 Å². The molecule has 3 atom stereocenters. The molecule has 1 aromatic rings. The highest BCUT2D eigenvalue weighted by Crippen LogP contribution is 2.36. The van der Waals surface area contributed by atoms with Crippen LogP contribution in [-0.4, -0.2) is 24.0 Å². The van der Waals surface area contributed by atoms with Gasteiger partial charge < -0.3 is 5.73 Å². The predicted octanol–water partition coefficient (Wildman–Crippen LogP) is 3.65. The maximum atomic E-state index is 6.07. The lowest BCUT2D eigenvalue weighted by molar-refractivity contribution is 0.0691. The highest BCUT2D eigenvalue weighted by atomic mass is 32.1. The lowest BCUT2D eigenvalue weighted by Crippen LogP contribution is -2.48. The van der Waals surface area contributed by atoms with E-state index in [1.54, 1.807) is 10.4 Å². The van der Waals surface area contributed by atoms with Crippen molar-refractivity contribution >= 4 is 11.3 Å². The van der Waals surface area contributed by atoms with Gasteiger partial charge in [-0.05, 0) is 54.7 Å². The molecule has 0 radical (unpaired) electrons. The molecule has 0 aromatic carbocycles. The van der Waals surface area contributed by atoms with E-state index in [4.69, 9.17) is 5.73 Å². The Kier molecular flexibility index (Phi) is 4.79. The molecule has 2 N–H and O–H groups in total. The molecule has 1 aromatic heterocycles. The van der Waals surface area contributed by atoms with E-state index >= 15 is 0 Å². The maximum absolute atomic E-state index is 6.07. The van der Waals surface area contributed by atoms with E-state index in [1.165, 1.54) is 51.6 Å². The van der Waals surface area contributed by atoms with Gasteiger partial charge >= 0.3 is 0 Å². The van der Waals surface area contributed by atoms with Crippen LogP contribution in [0.1, 0.15) is 49.5 Å². The first-order valence-corrected chi connectivity index (χ1v) is 9.19. The Bertz CT molecular complexity index is 428. The fraction of sp³-hybridized carbons (Fsp3) is 0.765. The van der Waals surface area contributed by atoms with Gasteiger partial charge in [-0.1, -0.05) is 26.2 Å². The van der Waals surface area contributed by atoms with Crippen LogP contribution in [0.5, 0.6) is 0 Å². The highest BCUT2D eigenvalue weighted by Gasteiger charge is 2.34. The zero-order valence-corrected chi connectivity index (χ0v) is 13.5. The quantitative estimate of drug-likeness (QED) is 0.918. The minimum Gasteiger partial charge on any atom is -0.330 e. The van der Waals surface area contributed by atoms with Gasteiger partial charge in [-0.15, -0.1) is 11.3 Å². The standard InChI is InChI=1S/C17H28N2S/c1-2-3-13-4-5-14(11-18)16(10-13)19-8-6-17-15(12-19)7-9-20-17/h7,9,13-14,16H,2-6,8,10-12,18H2,1H3. The van der Waals surface area contributed by atoms with E-state index < -0.39 is 0 Å². The number of nitrogens with two attached hydrogens (primary N) is 1. The number of thiophene rings is 1. The summed E-state index contributed by atoms with van der Waals surface area (Å²) in [5.41, 5.74) is 7.65. The summed E-state index contributed by atoms with van der Waals surface area (Å²) in [5, 5.41) is 2.26. The molecular weight excluding hydrogens is 264 g/mol. The van der Waals surface area contributed by atoms with Crippen LogP contribution in [0.25, 0.3) is 0 Å². The molecule has 2 heterocycles. The van der Waals surface area contributed by atoms with Gasteiger partial charge in [0.1, 0.15) is 0 Å². The molecule has 1 aliphatic heterocycles. The molecule has 1 aliphatic carbocycles. The summed E-state index contributed by atoms with van der Waals surface area (Å²) in [6.45, 7) is 5.60. The van der Waals surface area contributed by atoms with Crippen LogP contribution in [0.3, 0.4) is 0 Å². The summed E-state index contributed by atoms with van der Waals surface area (Å²) in [7, 11) is 0. The van der Waals surface area contributed by atoms with E-state index in [9.17, 15) is 0 Å². The Balaban J connectivity index is 1.69. The average molecular weight is 292 g/mol. The van der Waals surface area contributed by atoms with E-state index in [2.05, 4.69) is 23.3 Å². The summed E-state index contributed by atoms with van der Waals surface area (Å²) in [4.78, 5) is 4.36. The van der Waals surface area contributed by atoms with E-state index in [0.29, 0.717) is 0 Å². The van der Waals surface area contributed by atoms with Crippen molar-refractivity contribution in [3.05, 3.63) is 21.9 Å². The molecule has 2 aliphatic rings. The van der Waals surface area contributed by atoms with E-state index in [0.717, 1.165) is 24.4 Å². The van der Waals surface area contributed by atoms with Crippen LogP contribution < -0.4 is 5.73 Å². The fourth-order valence-corrected chi connectivity index (χ4v) is 5.13. The second-order valence-electron chi connectivity index (χ2n) is 6.62. The summed E-state index contributed by atoms with van der Waals surface area (Å²) in [6, 6.07) is 3.06. The molecule has 0 saturated heterocycles. The van der Waals surface area contributed by atoms with Crippen molar-refractivity contribution in [2.24, 2.45) is 17.6 Å². The fourth-order valence-electron chi connectivity index (χ4n) is 4.24. The smallest absolute Gasteiger partial charge is 0.0247 e. The third-order valence-electron chi connectivity index (χ3n) is 5.37.